The van der Waals surface area contributed by atoms with Crippen molar-refractivity contribution in [2.75, 3.05) is 0 Å². The number of nitrogens with two attached hydrogens (primary N) is 1. The molecule has 0 bridgehead atoms. The van der Waals surface area contributed by atoms with Crippen LogP contribution in [0, 0.1) is 14.9 Å². The van der Waals surface area contributed by atoms with Crippen LogP contribution in [0.15, 0.2) is 0 Å². The Hall–Kier alpha value is 0.648. The molecule has 0 rings (SSSR count). The minimum absolute atomic E-state index is 0. The van der Waals surface area contributed by atoms with Crippen molar-refractivity contribution in [2.24, 2.45) is 0 Å². The maximum atomic E-state index is 0. The SMILES string of the molecule is [CH3-].[CH3-].[Mo+3].[NH2-]. The summed E-state index contributed by atoms with van der Waals surface area (Å²) in [6.07, 6.45) is 0. The van der Waals surface area contributed by atoms with Crippen molar-refractivity contribution in [3.63, 3.8) is 0 Å². The molecule has 2 heteroatoms. The molecular formula is C2H8MoN. The summed E-state index contributed by atoms with van der Waals surface area (Å²) in [5.74, 6) is 0. The second-order valence-electron chi connectivity index (χ2n) is 0. The van der Waals surface area contributed by atoms with Crippen molar-refractivity contribution in [1.29, 1.82) is 0 Å². The van der Waals surface area contributed by atoms with Crippen molar-refractivity contribution < 1.29 is 21.1 Å². The first-order chi connectivity index (χ1) is 0. The molecule has 0 aliphatic rings. The largest absolute Gasteiger partial charge is 3.00 e. The number of hydrogen-bond donors (Lipinski definition) is 0. The molecule has 27 valence electrons. The molecule has 1 nitrogen and oxygen atoms in total. The fraction of sp³-hybridized carbons (Fsp3) is 0. The Morgan fingerprint density at radius 1 is 0.750 bits per heavy atom. The Morgan fingerprint density at radius 3 is 0.750 bits per heavy atom. The summed E-state index contributed by atoms with van der Waals surface area (Å²) in [6, 6.07) is 0. The molecule has 4 heavy (non-hydrogen) atoms. The van der Waals surface area contributed by atoms with Gasteiger partial charge in [-0.3, -0.25) is 0 Å². The fourth-order valence-electron chi connectivity index (χ4n) is 0. The molecule has 0 aromatic heterocycles. The Labute approximate surface area is 42.6 Å². The predicted octanol–water partition coefficient (Wildman–Crippen LogP) is 1.62. The maximum absolute atomic E-state index is 0. The van der Waals surface area contributed by atoms with Gasteiger partial charge in [-0.25, -0.2) is 0 Å². The first-order valence-corrected chi connectivity index (χ1v) is 0. The molecule has 0 spiro atoms. The van der Waals surface area contributed by atoms with Gasteiger partial charge in [-0.2, -0.15) is 0 Å². The van der Waals surface area contributed by atoms with Crippen LogP contribution in [0.2, 0.25) is 0 Å². The van der Waals surface area contributed by atoms with Crippen LogP contribution >= 0.6 is 0 Å². The van der Waals surface area contributed by atoms with Gasteiger partial charge in [0.15, 0.2) is 0 Å². The molecule has 2 N–H and O–H groups in total. The molecule has 0 heterocycles. The third-order valence-corrected chi connectivity index (χ3v) is 0. The molecule has 0 fully saturated rings. The van der Waals surface area contributed by atoms with E-state index in [0.29, 0.717) is 0 Å². The van der Waals surface area contributed by atoms with Gasteiger partial charge in [0.25, 0.3) is 0 Å². The summed E-state index contributed by atoms with van der Waals surface area (Å²) < 4.78 is 0. The van der Waals surface area contributed by atoms with E-state index in [-0.39, 0.29) is 42.1 Å². The van der Waals surface area contributed by atoms with Crippen molar-refractivity contribution in [1.82, 2.24) is 0 Å². The Balaban J connectivity index is 0. The number of hydrogen-bond acceptors (Lipinski definition) is 0. The zero-order chi connectivity index (χ0) is 0. The monoisotopic (exact) mass is 144 g/mol. The first kappa shape index (κ1) is 147. The Bertz CT molecular complexity index is 6.00. The van der Waals surface area contributed by atoms with Gasteiger partial charge in [0.2, 0.25) is 0 Å². The quantitative estimate of drug-likeness (QED) is 0.363. The smallest absolute Gasteiger partial charge is 0.693 e. The van der Waals surface area contributed by atoms with Gasteiger partial charge in [0.1, 0.15) is 0 Å². The first-order valence-electron chi connectivity index (χ1n) is 0. The van der Waals surface area contributed by atoms with E-state index in [0.717, 1.165) is 0 Å². The van der Waals surface area contributed by atoms with Gasteiger partial charge < -0.3 is 21.0 Å². The standard InChI is InChI=1S/2CH3.Mo.H2N/h2*1H3;;1H2/q2*-1;+3;-1. The third-order valence-electron chi connectivity index (χ3n) is 0. The fourth-order valence-corrected chi connectivity index (χ4v) is 0. The second-order valence-corrected chi connectivity index (χ2v) is 0. The van der Waals surface area contributed by atoms with E-state index in [9.17, 15) is 0 Å². The average Bonchev–Trinajstić information content (AvgIpc) is 0. The predicted molar refractivity (Wildman–Crippen MR) is 18.1 cm³/mol. The van der Waals surface area contributed by atoms with Crippen LogP contribution in [-0.2, 0) is 21.1 Å². The van der Waals surface area contributed by atoms with Crippen LogP contribution in [0.3, 0.4) is 0 Å². The molecule has 0 aliphatic carbocycles. The molecule has 0 saturated carbocycles. The van der Waals surface area contributed by atoms with Crippen molar-refractivity contribution in [2.45, 2.75) is 0 Å². The van der Waals surface area contributed by atoms with Crippen molar-refractivity contribution in [3.05, 3.63) is 21.0 Å². The summed E-state index contributed by atoms with van der Waals surface area (Å²) in [5.41, 5.74) is 0. The number of rotatable bonds is 0. The van der Waals surface area contributed by atoms with Gasteiger partial charge in [-0.05, 0) is 0 Å². The van der Waals surface area contributed by atoms with E-state index in [2.05, 4.69) is 0 Å². The van der Waals surface area contributed by atoms with Crippen molar-refractivity contribution >= 4 is 0 Å². The van der Waals surface area contributed by atoms with Gasteiger partial charge in [0.05, 0.1) is 0 Å². The summed E-state index contributed by atoms with van der Waals surface area (Å²) >= 11 is 0. The van der Waals surface area contributed by atoms with E-state index >= 15 is 0 Å². The van der Waals surface area contributed by atoms with Gasteiger partial charge in [-0.1, -0.05) is 0 Å². The van der Waals surface area contributed by atoms with Crippen LogP contribution in [0.25, 0.3) is 6.15 Å². The van der Waals surface area contributed by atoms with Gasteiger partial charge in [0, 0.05) is 0 Å². The zero-order valence-electron chi connectivity index (χ0n) is 2.99. The summed E-state index contributed by atoms with van der Waals surface area (Å²) in [7, 11) is 0. The summed E-state index contributed by atoms with van der Waals surface area (Å²) in [5, 5.41) is 0. The zero-order valence-corrected chi connectivity index (χ0v) is 4.99. The Morgan fingerprint density at radius 2 is 0.750 bits per heavy atom. The minimum Gasteiger partial charge on any atom is -0.693 e. The van der Waals surface area contributed by atoms with Gasteiger partial charge >= 0.3 is 21.1 Å². The van der Waals surface area contributed by atoms with Crippen LogP contribution in [0.1, 0.15) is 0 Å². The Kier molecular flexibility index (Phi) is 2240. The van der Waals surface area contributed by atoms with Gasteiger partial charge in [-0.15, -0.1) is 0 Å². The van der Waals surface area contributed by atoms with E-state index in [1.54, 1.807) is 0 Å². The van der Waals surface area contributed by atoms with Crippen molar-refractivity contribution in [3.8, 4) is 0 Å². The second kappa shape index (κ2) is 60.9. The maximum Gasteiger partial charge on any atom is 3.00 e. The molecule has 0 aliphatic heterocycles. The van der Waals surface area contributed by atoms with Crippen LogP contribution < -0.4 is 0 Å². The topological polar surface area (TPSA) is 33.5 Å². The minimum atomic E-state index is 0. The molecule has 0 unspecified atom stereocenters. The third kappa shape index (κ3) is 17.1. The van der Waals surface area contributed by atoms with Crippen LogP contribution in [0.4, 0.5) is 0 Å². The molecule has 0 saturated heterocycles. The molecule has 0 aromatic rings. The van der Waals surface area contributed by atoms with E-state index in [1.165, 1.54) is 0 Å². The summed E-state index contributed by atoms with van der Waals surface area (Å²) in [6.45, 7) is 0. The van der Waals surface area contributed by atoms with E-state index in [4.69, 9.17) is 0 Å². The van der Waals surface area contributed by atoms with Crippen LogP contribution in [-0.4, -0.2) is 0 Å². The molecule has 0 aromatic carbocycles. The van der Waals surface area contributed by atoms with E-state index in [1.807, 2.05) is 0 Å². The normalized spacial score (nSPS) is 0. The summed E-state index contributed by atoms with van der Waals surface area (Å²) in [4.78, 5) is 0. The molecular weight excluding hydrogens is 134 g/mol. The average molecular weight is 142 g/mol. The van der Waals surface area contributed by atoms with Crippen LogP contribution in [0.5, 0.6) is 0 Å². The molecule has 1 radical (unpaired) electrons. The van der Waals surface area contributed by atoms with E-state index < -0.39 is 0 Å². The molecule has 0 atom stereocenters. The molecule has 0 amide bonds.